The minimum Gasteiger partial charge on any atom is -0.465 e. The molecule has 0 unspecified atom stereocenters. The number of fused-ring (bicyclic) bond motifs is 1. The van der Waals surface area contributed by atoms with Crippen molar-refractivity contribution in [2.24, 2.45) is 0 Å². The maximum atomic E-state index is 12.4. The Balaban J connectivity index is 1.78. The Bertz CT molecular complexity index is 826. The Kier molecular flexibility index (Phi) is 4.47. The van der Waals surface area contributed by atoms with Crippen molar-refractivity contribution in [3.8, 4) is 0 Å². The molecule has 3 rings (SSSR count). The fraction of sp³-hybridized carbons (Fsp3) is 0.263. The molecule has 6 heteroatoms. The van der Waals surface area contributed by atoms with E-state index in [1.165, 1.54) is 16.7 Å². The van der Waals surface area contributed by atoms with Crippen LogP contribution in [0.5, 0.6) is 0 Å². The normalized spacial score (nSPS) is 13.5. The zero-order valence-electron chi connectivity index (χ0n) is 14.4. The van der Waals surface area contributed by atoms with E-state index < -0.39 is 6.09 Å². The van der Waals surface area contributed by atoms with Crippen LogP contribution in [0, 0.1) is 0 Å². The molecule has 0 spiro atoms. The van der Waals surface area contributed by atoms with Crippen LogP contribution in [0.25, 0.3) is 0 Å². The van der Waals surface area contributed by atoms with E-state index in [0.717, 1.165) is 10.5 Å². The van der Waals surface area contributed by atoms with Gasteiger partial charge in [-0.3, -0.25) is 9.69 Å². The summed E-state index contributed by atoms with van der Waals surface area (Å²) in [4.78, 5) is 25.9. The van der Waals surface area contributed by atoms with Crippen molar-refractivity contribution < 1.29 is 14.7 Å². The number of nitrogens with one attached hydrogen (secondary N) is 1. The number of carbonyl (C=O) groups is 2. The summed E-state index contributed by atoms with van der Waals surface area (Å²) in [5.41, 5.74) is 2.96. The molecule has 2 N–H and O–H groups in total. The van der Waals surface area contributed by atoms with Crippen LogP contribution in [0.2, 0.25) is 0 Å². The summed E-state index contributed by atoms with van der Waals surface area (Å²) in [6, 6.07) is 12.9. The summed E-state index contributed by atoms with van der Waals surface area (Å²) in [6.45, 7) is 6.37. The Morgan fingerprint density at radius 2 is 1.80 bits per heavy atom. The predicted molar refractivity (Wildman–Crippen MR) is 101 cm³/mol. The third kappa shape index (κ3) is 3.64. The quantitative estimate of drug-likeness (QED) is 0.812. The molecule has 0 saturated carbocycles. The van der Waals surface area contributed by atoms with Gasteiger partial charge in [-0.25, -0.2) is 4.79 Å². The highest BCUT2D eigenvalue weighted by Crippen LogP contribution is 2.40. The number of thioether (sulfide) groups is 1. The largest absolute Gasteiger partial charge is 0.465 e. The molecule has 0 bridgehead atoms. The second-order valence-electron chi connectivity index (χ2n) is 6.95. The number of carbonyl (C=O) groups excluding carboxylic acids is 1. The van der Waals surface area contributed by atoms with Crippen LogP contribution in [-0.4, -0.2) is 23.0 Å². The van der Waals surface area contributed by atoms with Gasteiger partial charge in [0.2, 0.25) is 0 Å². The van der Waals surface area contributed by atoms with E-state index in [1.807, 2.05) is 30.3 Å². The van der Waals surface area contributed by atoms with Gasteiger partial charge in [0.1, 0.15) is 0 Å². The molecule has 2 aromatic carbocycles. The topological polar surface area (TPSA) is 69.6 Å². The number of amides is 2. The van der Waals surface area contributed by atoms with Crippen LogP contribution < -0.4 is 10.2 Å². The van der Waals surface area contributed by atoms with Crippen LogP contribution in [0.4, 0.5) is 16.2 Å². The maximum absolute atomic E-state index is 12.4. The summed E-state index contributed by atoms with van der Waals surface area (Å²) >= 11 is 1.46. The summed E-state index contributed by atoms with van der Waals surface area (Å²) in [7, 11) is 0. The Morgan fingerprint density at radius 3 is 2.40 bits per heavy atom. The summed E-state index contributed by atoms with van der Waals surface area (Å²) in [5.74, 6) is 0.156. The number of anilines is 2. The van der Waals surface area contributed by atoms with Crippen molar-refractivity contribution in [1.82, 2.24) is 0 Å². The van der Waals surface area contributed by atoms with Crippen molar-refractivity contribution in [2.45, 2.75) is 31.1 Å². The van der Waals surface area contributed by atoms with Gasteiger partial charge in [0, 0.05) is 16.1 Å². The average Bonchev–Trinajstić information content (AvgIpc) is 2.97. The highest BCUT2D eigenvalue weighted by molar-refractivity contribution is 8.00. The number of carboxylic acid groups (broad SMARTS) is 1. The summed E-state index contributed by atoms with van der Waals surface area (Å²) in [6.07, 6.45) is -0.993. The van der Waals surface area contributed by atoms with Gasteiger partial charge in [-0.1, -0.05) is 32.9 Å². The lowest BCUT2D eigenvalue weighted by molar-refractivity contribution is 0.102. The smallest absolute Gasteiger partial charge is 0.412 e. The third-order valence-corrected chi connectivity index (χ3v) is 5.14. The first-order chi connectivity index (χ1) is 11.8. The fourth-order valence-corrected chi connectivity index (χ4v) is 3.61. The fourth-order valence-electron chi connectivity index (χ4n) is 2.61. The molecular formula is C19H20N2O3S. The number of hydrogen-bond acceptors (Lipinski definition) is 3. The molecule has 0 atom stereocenters. The van der Waals surface area contributed by atoms with Crippen LogP contribution in [0.3, 0.4) is 0 Å². The zero-order valence-corrected chi connectivity index (χ0v) is 15.2. The first-order valence-electron chi connectivity index (χ1n) is 7.95. The molecule has 2 aromatic rings. The molecule has 0 aromatic heterocycles. The van der Waals surface area contributed by atoms with Gasteiger partial charge in [-0.05, 0) is 41.3 Å². The molecule has 0 radical (unpaired) electrons. The van der Waals surface area contributed by atoms with E-state index >= 15 is 0 Å². The molecule has 130 valence electrons. The van der Waals surface area contributed by atoms with E-state index in [-0.39, 0.29) is 11.3 Å². The third-order valence-electron chi connectivity index (χ3n) is 4.10. The van der Waals surface area contributed by atoms with Crippen molar-refractivity contribution in [3.05, 3.63) is 53.6 Å². The number of nitrogens with zero attached hydrogens (tertiary/aromatic N) is 1. The summed E-state index contributed by atoms with van der Waals surface area (Å²) < 4.78 is 0. The molecule has 5 nitrogen and oxygen atoms in total. The first kappa shape index (κ1) is 17.4. The molecule has 2 amide bonds. The van der Waals surface area contributed by atoms with Crippen LogP contribution in [0.1, 0.15) is 36.7 Å². The Labute approximate surface area is 151 Å². The molecule has 0 fully saturated rings. The second kappa shape index (κ2) is 6.44. The number of benzene rings is 2. The van der Waals surface area contributed by atoms with E-state index in [0.29, 0.717) is 22.8 Å². The SMILES string of the molecule is CC(C)(C)c1ccc(C(=O)Nc2ccc3c(c2)N(C(=O)O)CS3)cc1. The van der Waals surface area contributed by atoms with Crippen molar-refractivity contribution in [1.29, 1.82) is 0 Å². The van der Waals surface area contributed by atoms with Crippen LogP contribution in [-0.2, 0) is 5.41 Å². The van der Waals surface area contributed by atoms with Gasteiger partial charge in [-0.15, -0.1) is 11.8 Å². The van der Waals surface area contributed by atoms with Gasteiger partial charge in [-0.2, -0.15) is 0 Å². The second-order valence-corrected chi connectivity index (χ2v) is 7.93. The molecular weight excluding hydrogens is 336 g/mol. The zero-order chi connectivity index (χ0) is 18.2. The predicted octanol–water partition coefficient (Wildman–Crippen LogP) is 4.78. The highest BCUT2D eigenvalue weighted by atomic mass is 32.2. The first-order valence-corrected chi connectivity index (χ1v) is 8.93. The number of rotatable bonds is 2. The summed E-state index contributed by atoms with van der Waals surface area (Å²) in [5, 5.41) is 12.1. The molecule has 1 heterocycles. The highest BCUT2D eigenvalue weighted by Gasteiger charge is 2.25. The van der Waals surface area contributed by atoms with Crippen molar-refractivity contribution in [2.75, 3.05) is 16.1 Å². The molecule has 0 saturated heterocycles. The van der Waals surface area contributed by atoms with E-state index in [1.54, 1.807) is 12.1 Å². The van der Waals surface area contributed by atoms with Crippen molar-refractivity contribution in [3.63, 3.8) is 0 Å². The van der Waals surface area contributed by atoms with E-state index in [4.69, 9.17) is 0 Å². The lowest BCUT2D eigenvalue weighted by Crippen LogP contribution is -2.25. The lowest BCUT2D eigenvalue weighted by Gasteiger charge is -2.19. The van der Waals surface area contributed by atoms with E-state index in [2.05, 4.69) is 26.1 Å². The average molecular weight is 356 g/mol. The molecule has 0 aliphatic carbocycles. The van der Waals surface area contributed by atoms with Crippen LogP contribution in [0.15, 0.2) is 47.4 Å². The molecule has 1 aliphatic heterocycles. The minimum atomic E-state index is -0.993. The van der Waals surface area contributed by atoms with Crippen LogP contribution >= 0.6 is 11.8 Å². The van der Waals surface area contributed by atoms with Gasteiger partial charge in [0.05, 0.1) is 11.6 Å². The maximum Gasteiger partial charge on any atom is 0.412 e. The van der Waals surface area contributed by atoms with Gasteiger partial charge in [0.15, 0.2) is 0 Å². The lowest BCUT2D eigenvalue weighted by atomic mass is 9.87. The minimum absolute atomic E-state index is 0.0347. The Morgan fingerprint density at radius 1 is 1.12 bits per heavy atom. The van der Waals surface area contributed by atoms with Gasteiger partial charge >= 0.3 is 6.09 Å². The van der Waals surface area contributed by atoms with Gasteiger partial charge < -0.3 is 10.4 Å². The van der Waals surface area contributed by atoms with Crippen molar-refractivity contribution >= 4 is 35.1 Å². The standard InChI is InChI=1S/C19H20N2O3S/c1-19(2,3)13-6-4-12(5-7-13)17(22)20-14-8-9-16-15(10-14)21(11-25-16)18(23)24/h4-10H,11H2,1-3H3,(H,20,22)(H,23,24). The molecule has 25 heavy (non-hydrogen) atoms. The number of hydrogen-bond donors (Lipinski definition) is 2. The Hall–Kier alpha value is -2.47. The van der Waals surface area contributed by atoms with Gasteiger partial charge in [0.25, 0.3) is 5.91 Å². The monoisotopic (exact) mass is 356 g/mol. The van der Waals surface area contributed by atoms with E-state index in [9.17, 15) is 14.7 Å². The molecule has 1 aliphatic rings.